The molecule has 2 unspecified atom stereocenters. The molecular formula is C11H22N2O. The van der Waals surface area contributed by atoms with Gasteiger partial charge >= 0.3 is 0 Å². The van der Waals surface area contributed by atoms with Crippen LogP contribution in [0.3, 0.4) is 0 Å². The first kappa shape index (κ1) is 11.5. The van der Waals surface area contributed by atoms with Gasteiger partial charge in [0.05, 0.1) is 6.04 Å². The van der Waals surface area contributed by atoms with Gasteiger partial charge in [0.1, 0.15) is 0 Å². The van der Waals surface area contributed by atoms with Crippen LogP contribution < -0.4 is 5.73 Å². The van der Waals surface area contributed by atoms with Crippen LogP contribution in [0, 0.1) is 5.92 Å². The average molecular weight is 198 g/mol. The predicted octanol–water partition coefficient (Wildman–Crippen LogP) is 1.37. The first-order valence-electron chi connectivity index (χ1n) is 5.62. The molecule has 1 heterocycles. The molecular weight excluding hydrogens is 176 g/mol. The van der Waals surface area contributed by atoms with E-state index in [4.69, 9.17) is 5.73 Å². The summed E-state index contributed by atoms with van der Waals surface area (Å²) in [6.07, 6.45) is 2.96. The molecule has 0 saturated carbocycles. The van der Waals surface area contributed by atoms with Crippen LogP contribution in [-0.4, -0.2) is 29.4 Å². The van der Waals surface area contributed by atoms with E-state index >= 15 is 0 Å². The maximum absolute atomic E-state index is 11.8. The standard InChI is InChI=1S/C11H22N2O/c1-4-10(12)11(14)13-6-5-8(2)7-9(13)3/h8-10H,4-7,12H2,1-3H3/t8?,9?,10-/m0/s1. The molecule has 1 aliphatic heterocycles. The number of hydrogen-bond acceptors (Lipinski definition) is 2. The Morgan fingerprint density at radius 1 is 1.57 bits per heavy atom. The average Bonchev–Trinajstić information content (AvgIpc) is 2.15. The summed E-state index contributed by atoms with van der Waals surface area (Å²) in [6, 6.07) is 0.0645. The molecule has 0 aromatic carbocycles. The summed E-state index contributed by atoms with van der Waals surface area (Å²) in [6.45, 7) is 7.21. The molecule has 1 amide bonds. The second-order valence-electron chi connectivity index (χ2n) is 4.52. The smallest absolute Gasteiger partial charge is 0.239 e. The van der Waals surface area contributed by atoms with Gasteiger partial charge in [-0.15, -0.1) is 0 Å². The van der Waals surface area contributed by atoms with E-state index in [0.717, 1.165) is 31.7 Å². The number of nitrogens with zero attached hydrogens (tertiary/aromatic N) is 1. The molecule has 0 radical (unpaired) electrons. The zero-order valence-electron chi connectivity index (χ0n) is 9.49. The number of piperidine rings is 1. The van der Waals surface area contributed by atoms with Crippen molar-refractivity contribution in [3.8, 4) is 0 Å². The highest BCUT2D eigenvalue weighted by Crippen LogP contribution is 2.22. The zero-order valence-corrected chi connectivity index (χ0v) is 9.49. The van der Waals surface area contributed by atoms with Crippen LogP contribution in [-0.2, 0) is 4.79 Å². The van der Waals surface area contributed by atoms with Crippen LogP contribution in [0.5, 0.6) is 0 Å². The SMILES string of the molecule is CC[C@H](N)C(=O)N1CCC(C)CC1C. The normalized spacial score (nSPS) is 30.1. The molecule has 3 nitrogen and oxygen atoms in total. The highest BCUT2D eigenvalue weighted by molar-refractivity contribution is 5.81. The molecule has 0 bridgehead atoms. The summed E-state index contributed by atoms with van der Waals surface area (Å²) < 4.78 is 0. The van der Waals surface area contributed by atoms with Crippen molar-refractivity contribution in [2.75, 3.05) is 6.54 Å². The van der Waals surface area contributed by atoms with E-state index in [0.29, 0.717) is 6.04 Å². The number of hydrogen-bond donors (Lipinski definition) is 1. The number of amides is 1. The first-order chi connectivity index (χ1) is 6.56. The number of carbonyl (C=O) groups excluding carboxylic acids is 1. The Morgan fingerprint density at radius 2 is 2.21 bits per heavy atom. The quantitative estimate of drug-likeness (QED) is 0.728. The molecule has 1 rings (SSSR count). The van der Waals surface area contributed by atoms with Gasteiger partial charge in [-0.3, -0.25) is 4.79 Å². The van der Waals surface area contributed by atoms with Crippen LogP contribution in [0.2, 0.25) is 0 Å². The van der Waals surface area contributed by atoms with E-state index in [2.05, 4.69) is 13.8 Å². The summed E-state index contributed by atoms with van der Waals surface area (Å²) in [5, 5.41) is 0. The number of likely N-dealkylation sites (tertiary alicyclic amines) is 1. The fourth-order valence-corrected chi connectivity index (χ4v) is 2.12. The summed E-state index contributed by atoms with van der Waals surface area (Å²) in [4.78, 5) is 13.8. The van der Waals surface area contributed by atoms with Gasteiger partial charge in [0.2, 0.25) is 5.91 Å². The second kappa shape index (κ2) is 4.78. The molecule has 0 aliphatic carbocycles. The highest BCUT2D eigenvalue weighted by Gasteiger charge is 2.28. The van der Waals surface area contributed by atoms with Gasteiger partial charge in [0, 0.05) is 12.6 Å². The van der Waals surface area contributed by atoms with Crippen molar-refractivity contribution < 1.29 is 4.79 Å². The van der Waals surface area contributed by atoms with E-state index in [1.54, 1.807) is 0 Å². The monoisotopic (exact) mass is 198 g/mol. The number of rotatable bonds is 2. The summed E-state index contributed by atoms with van der Waals surface area (Å²) >= 11 is 0. The lowest BCUT2D eigenvalue weighted by molar-refractivity contribution is -0.136. The molecule has 1 fully saturated rings. The predicted molar refractivity (Wildman–Crippen MR) is 57.8 cm³/mol. The molecule has 3 heteroatoms. The van der Waals surface area contributed by atoms with Crippen LogP contribution in [0.1, 0.15) is 40.0 Å². The van der Waals surface area contributed by atoms with Gasteiger partial charge in [-0.05, 0) is 32.1 Å². The fraction of sp³-hybridized carbons (Fsp3) is 0.909. The van der Waals surface area contributed by atoms with Crippen molar-refractivity contribution in [1.29, 1.82) is 0 Å². The molecule has 3 atom stereocenters. The third-order valence-electron chi connectivity index (χ3n) is 3.18. The second-order valence-corrected chi connectivity index (χ2v) is 4.52. The minimum Gasteiger partial charge on any atom is -0.339 e. The maximum atomic E-state index is 11.8. The van der Waals surface area contributed by atoms with E-state index in [1.165, 1.54) is 0 Å². The zero-order chi connectivity index (χ0) is 10.7. The van der Waals surface area contributed by atoms with E-state index in [9.17, 15) is 4.79 Å². The number of carbonyl (C=O) groups is 1. The lowest BCUT2D eigenvalue weighted by Gasteiger charge is -2.37. The van der Waals surface area contributed by atoms with Crippen molar-refractivity contribution in [3.63, 3.8) is 0 Å². The van der Waals surface area contributed by atoms with Crippen LogP contribution >= 0.6 is 0 Å². The summed E-state index contributed by atoms with van der Waals surface area (Å²) in [5.74, 6) is 0.874. The largest absolute Gasteiger partial charge is 0.339 e. The van der Waals surface area contributed by atoms with Crippen molar-refractivity contribution in [3.05, 3.63) is 0 Å². The highest BCUT2D eigenvalue weighted by atomic mass is 16.2. The van der Waals surface area contributed by atoms with Crippen molar-refractivity contribution in [2.45, 2.75) is 52.1 Å². The maximum Gasteiger partial charge on any atom is 0.239 e. The molecule has 0 aromatic heterocycles. The Labute approximate surface area is 86.6 Å². The molecule has 0 aromatic rings. The summed E-state index contributed by atoms with van der Waals surface area (Å²) in [5.41, 5.74) is 5.75. The summed E-state index contributed by atoms with van der Waals surface area (Å²) in [7, 11) is 0. The minimum atomic E-state index is -0.300. The van der Waals surface area contributed by atoms with E-state index < -0.39 is 0 Å². The Kier molecular flexibility index (Phi) is 3.93. The van der Waals surface area contributed by atoms with Gasteiger partial charge in [-0.2, -0.15) is 0 Å². The van der Waals surface area contributed by atoms with Crippen molar-refractivity contribution in [1.82, 2.24) is 4.90 Å². The Morgan fingerprint density at radius 3 is 2.71 bits per heavy atom. The lowest BCUT2D eigenvalue weighted by Crippen LogP contribution is -2.50. The molecule has 0 spiro atoms. The van der Waals surface area contributed by atoms with Crippen molar-refractivity contribution in [2.24, 2.45) is 11.7 Å². The Balaban J connectivity index is 2.55. The third kappa shape index (κ3) is 2.47. The first-order valence-corrected chi connectivity index (χ1v) is 5.62. The molecule has 14 heavy (non-hydrogen) atoms. The topological polar surface area (TPSA) is 46.3 Å². The van der Waals surface area contributed by atoms with Crippen LogP contribution in [0.15, 0.2) is 0 Å². The Hall–Kier alpha value is -0.570. The molecule has 2 N–H and O–H groups in total. The fourth-order valence-electron chi connectivity index (χ4n) is 2.12. The van der Waals surface area contributed by atoms with Crippen molar-refractivity contribution >= 4 is 5.91 Å². The Bertz CT molecular complexity index is 205. The van der Waals surface area contributed by atoms with Gasteiger partial charge in [-0.25, -0.2) is 0 Å². The van der Waals surface area contributed by atoms with Gasteiger partial charge in [0.25, 0.3) is 0 Å². The third-order valence-corrected chi connectivity index (χ3v) is 3.18. The molecule has 1 saturated heterocycles. The van der Waals surface area contributed by atoms with Crippen LogP contribution in [0.4, 0.5) is 0 Å². The van der Waals surface area contributed by atoms with Gasteiger partial charge in [-0.1, -0.05) is 13.8 Å². The molecule has 82 valence electrons. The van der Waals surface area contributed by atoms with E-state index in [1.807, 2.05) is 11.8 Å². The van der Waals surface area contributed by atoms with Gasteiger partial charge < -0.3 is 10.6 Å². The lowest BCUT2D eigenvalue weighted by atomic mass is 9.93. The minimum absolute atomic E-state index is 0.131. The van der Waals surface area contributed by atoms with Gasteiger partial charge in [0.15, 0.2) is 0 Å². The number of nitrogens with two attached hydrogens (primary N) is 1. The van der Waals surface area contributed by atoms with Crippen LogP contribution in [0.25, 0.3) is 0 Å². The van der Waals surface area contributed by atoms with E-state index in [-0.39, 0.29) is 11.9 Å². The molecule has 1 aliphatic rings.